The molecule has 0 unspecified atom stereocenters. The van der Waals surface area contributed by atoms with E-state index >= 15 is 0 Å². The smallest absolute Gasteiger partial charge is 0.135 e. The SMILES string of the molecule is Cc1ccc(-c2ccc(C)c3[nH]c(-c4n[nH]c5ccc(C6CCNCC6)nc45)cc23)s1. The highest BCUT2D eigenvalue weighted by molar-refractivity contribution is 7.15. The van der Waals surface area contributed by atoms with Gasteiger partial charge in [-0.2, -0.15) is 5.10 Å². The van der Waals surface area contributed by atoms with E-state index in [0.717, 1.165) is 48.4 Å². The fraction of sp³-hybridized carbons (Fsp3) is 0.280. The number of piperidine rings is 1. The van der Waals surface area contributed by atoms with Crippen LogP contribution in [0.4, 0.5) is 0 Å². The second-order valence-corrected chi connectivity index (χ2v) is 9.83. The molecule has 1 fully saturated rings. The van der Waals surface area contributed by atoms with Crippen molar-refractivity contribution < 1.29 is 0 Å². The van der Waals surface area contributed by atoms with Gasteiger partial charge in [-0.3, -0.25) is 5.10 Å². The zero-order valence-electron chi connectivity index (χ0n) is 17.7. The maximum atomic E-state index is 5.07. The molecule has 1 aliphatic heterocycles. The molecule has 6 rings (SSSR count). The first kappa shape index (κ1) is 18.8. The third-order valence-electron chi connectivity index (χ3n) is 6.45. The average molecular weight is 428 g/mol. The van der Waals surface area contributed by atoms with Gasteiger partial charge >= 0.3 is 0 Å². The number of aryl methyl sites for hydroxylation is 2. The van der Waals surface area contributed by atoms with Gasteiger partial charge in [0.1, 0.15) is 11.2 Å². The van der Waals surface area contributed by atoms with Crippen LogP contribution in [0, 0.1) is 13.8 Å². The van der Waals surface area contributed by atoms with Crippen molar-refractivity contribution in [2.24, 2.45) is 0 Å². The normalized spacial score (nSPS) is 15.3. The van der Waals surface area contributed by atoms with Crippen LogP contribution in [0.2, 0.25) is 0 Å². The highest BCUT2D eigenvalue weighted by Gasteiger charge is 2.20. The van der Waals surface area contributed by atoms with Crippen molar-refractivity contribution in [3.63, 3.8) is 0 Å². The molecule has 3 N–H and O–H groups in total. The van der Waals surface area contributed by atoms with Gasteiger partial charge in [-0.25, -0.2) is 4.98 Å². The van der Waals surface area contributed by atoms with Gasteiger partial charge in [-0.1, -0.05) is 12.1 Å². The zero-order valence-corrected chi connectivity index (χ0v) is 18.6. The van der Waals surface area contributed by atoms with Crippen LogP contribution < -0.4 is 5.32 Å². The lowest BCUT2D eigenvalue weighted by atomic mass is 9.94. The molecule has 0 atom stereocenters. The summed E-state index contributed by atoms with van der Waals surface area (Å²) in [7, 11) is 0. The third-order valence-corrected chi connectivity index (χ3v) is 7.48. The van der Waals surface area contributed by atoms with Gasteiger partial charge in [-0.05, 0) is 75.7 Å². The van der Waals surface area contributed by atoms with E-state index in [1.54, 1.807) is 0 Å². The van der Waals surface area contributed by atoms with Crippen molar-refractivity contribution in [1.29, 1.82) is 0 Å². The second-order valence-electron chi connectivity index (χ2n) is 8.54. The van der Waals surface area contributed by atoms with Crippen molar-refractivity contribution >= 4 is 33.3 Å². The maximum Gasteiger partial charge on any atom is 0.135 e. The number of H-pyrrole nitrogens is 2. The van der Waals surface area contributed by atoms with E-state index in [9.17, 15) is 0 Å². The number of aromatic amines is 2. The van der Waals surface area contributed by atoms with Gasteiger partial charge in [0.15, 0.2) is 0 Å². The molecule has 5 aromatic rings. The molecule has 156 valence electrons. The van der Waals surface area contributed by atoms with Gasteiger partial charge in [0.25, 0.3) is 0 Å². The van der Waals surface area contributed by atoms with Crippen molar-refractivity contribution in [2.45, 2.75) is 32.6 Å². The summed E-state index contributed by atoms with van der Waals surface area (Å²) < 4.78 is 0. The Morgan fingerprint density at radius 2 is 1.87 bits per heavy atom. The van der Waals surface area contributed by atoms with E-state index in [-0.39, 0.29) is 0 Å². The number of fused-ring (bicyclic) bond motifs is 2. The maximum absolute atomic E-state index is 5.07. The Kier molecular flexibility index (Phi) is 4.44. The Morgan fingerprint density at radius 1 is 1.00 bits per heavy atom. The van der Waals surface area contributed by atoms with Gasteiger partial charge in [-0.15, -0.1) is 11.3 Å². The lowest BCUT2D eigenvalue weighted by Crippen LogP contribution is -2.27. The van der Waals surface area contributed by atoms with Crippen LogP contribution >= 0.6 is 11.3 Å². The molecule has 6 heteroatoms. The first-order chi connectivity index (χ1) is 15.2. The molecule has 0 spiro atoms. The number of hydrogen-bond donors (Lipinski definition) is 3. The number of nitrogens with zero attached hydrogens (tertiary/aromatic N) is 2. The Morgan fingerprint density at radius 3 is 2.68 bits per heavy atom. The number of hydrogen-bond acceptors (Lipinski definition) is 4. The molecular weight excluding hydrogens is 402 g/mol. The highest BCUT2D eigenvalue weighted by atomic mass is 32.1. The van der Waals surface area contributed by atoms with Crippen molar-refractivity contribution in [2.75, 3.05) is 13.1 Å². The largest absolute Gasteiger partial charge is 0.353 e. The lowest BCUT2D eigenvalue weighted by molar-refractivity contribution is 0.454. The molecule has 4 aromatic heterocycles. The number of rotatable bonds is 3. The van der Waals surface area contributed by atoms with Crippen LogP contribution in [0.3, 0.4) is 0 Å². The monoisotopic (exact) mass is 427 g/mol. The van der Waals surface area contributed by atoms with E-state index in [4.69, 9.17) is 4.98 Å². The molecule has 5 heterocycles. The second kappa shape index (κ2) is 7.32. The number of nitrogens with one attached hydrogen (secondary N) is 3. The van der Waals surface area contributed by atoms with Crippen molar-refractivity contribution in [1.82, 2.24) is 25.5 Å². The predicted octanol–water partition coefficient (Wildman–Crippen LogP) is 5.92. The Balaban J connectivity index is 1.49. The number of pyridine rings is 1. The molecule has 0 saturated carbocycles. The molecular formula is C25H25N5S. The van der Waals surface area contributed by atoms with Crippen LogP contribution in [0.25, 0.3) is 43.8 Å². The van der Waals surface area contributed by atoms with E-state index < -0.39 is 0 Å². The summed E-state index contributed by atoms with van der Waals surface area (Å²) in [6.45, 7) is 6.44. The molecule has 0 bridgehead atoms. The van der Waals surface area contributed by atoms with Crippen LogP contribution in [-0.4, -0.2) is 33.3 Å². The first-order valence-electron chi connectivity index (χ1n) is 10.9. The van der Waals surface area contributed by atoms with Crippen LogP contribution in [0.1, 0.15) is 34.9 Å². The molecule has 1 aromatic carbocycles. The van der Waals surface area contributed by atoms with Crippen LogP contribution in [0.5, 0.6) is 0 Å². The average Bonchev–Trinajstić information content (AvgIpc) is 3.52. The summed E-state index contributed by atoms with van der Waals surface area (Å²) in [4.78, 5) is 11.3. The summed E-state index contributed by atoms with van der Waals surface area (Å²) in [6.07, 6.45) is 2.28. The van der Waals surface area contributed by atoms with Gasteiger partial charge in [0.05, 0.1) is 11.2 Å². The number of aromatic nitrogens is 4. The Bertz CT molecular complexity index is 1400. The molecule has 1 saturated heterocycles. The molecule has 31 heavy (non-hydrogen) atoms. The lowest BCUT2D eigenvalue weighted by Gasteiger charge is -2.22. The number of benzene rings is 1. The summed E-state index contributed by atoms with van der Waals surface area (Å²) in [5.74, 6) is 0.520. The molecule has 0 amide bonds. The standard InChI is InChI=1S/C25H25N5S/c1-14-3-5-17(22-8-4-15(2)31-22)18-13-21(28-23(14)18)25-24-20(29-30-25)7-6-19(27-24)16-9-11-26-12-10-16/h3-8,13,16,26,28H,9-12H2,1-2H3,(H,29,30). The van der Waals surface area contributed by atoms with E-state index in [1.807, 2.05) is 11.3 Å². The minimum absolute atomic E-state index is 0.520. The van der Waals surface area contributed by atoms with E-state index in [0.29, 0.717) is 5.92 Å². The molecule has 0 radical (unpaired) electrons. The topological polar surface area (TPSA) is 69.4 Å². The van der Waals surface area contributed by atoms with Gasteiger partial charge in [0, 0.05) is 37.8 Å². The minimum Gasteiger partial charge on any atom is -0.353 e. The highest BCUT2D eigenvalue weighted by Crippen LogP contribution is 2.38. The quantitative estimate of drug-likeness (QED) is 0.335. The summed E-state index contributed by atoms with van der Waals surface area (Å²) >= 11 is 1.84. The van der Waals surface area contributed by atoms with Gasteiger partial charge < -0.3 is 10.3 Å². The van der Waals surface area contributed by atoms with Crippen molar-refractivity contribution in [3.05, 3.63) is 58.6 Å². The minimum atomic E-state index is 0.520. The zero-order chi connectivity index (χ0) is 20.9. The fourth-order valence-electron chi connectivity index (χ4n) is 4.73. The first-order valence-corrected chi connectivity index (χ1v) is 11.7. The Hall–Kier alpha value is -2.96. The summed E-state index contributed by atoms with van der Waals surface area (Å²) in [6, 6.07) is 15.4. The van der Waals surface area contributed by atoms with E-state index in [2.05, 4.69) is 76.8 Å². The van der Waals surface area contributed by atoms with Gasteiger partial charge in [0.2, 0.25) is 0 Å². The third kappa shape index (κ3) is 3.18. The molecule has 5 nitrogen and oxygen atoms in total. The Labute approximate surface area is 184 Å². The summed E-state index contributed by atoms with van der Waals surface area (Å²) in [5, 5.41) is 12.5. The van der Waals surface area contributed by atoms with Crippen molar-refractivity contribution in [3.8, 4) is 21.8 Å². The predicted molar refractivity (Wildman–Crippen MR) is 129 cm³/mol. The molecule has 1 aliphatic rings. The van der Waals surface area contributed by atoms with Crippen LogP contribution in [0.15, 0.2) is 42.5 Å². The molecule has 0 aliphatic carbocycles. The fourth-order valence-corrected chi connectivity index (χ4v) is 5.64. The number of thiophene rings is 1. The summed E-state index contributed by atoms with van der Waals surface area (Å²) in [5.41, 5.74) is 8.70. The van der Waals surface area contributed by atoms with E-state index in [1.165, 1.54) is 37.5 Å². The van der Waals surface area contributed by atoms with Crippen LogP contribution in [-0.2, 0) is 0 Å².